The first-order valence-electron chi connectivity index (χ1n) is 4.82. The molecule has 0 radical (unpaired) electrons. The highest BCUT2D eigenvalue weighted by Gasteiger charge is 2.16. The van der Waals surface area contributed by atoms with Crippen molar-refractivity contribution >= 4 is 5.97 Å². The van der Waals surface area contributed by atoms with Crippen molar-refractivity contribution in [2.24, 2.45) is 0 Å². The second-order valence-electron chi connectivity index (χ2n) is 3.75. The number of aliphatic carboxylic acids is 1. The fourth-order valence-electron chi connectivity index (χ4n) is 1.64. The highest BCUT2D eigenvalue weighted by molar-refractivity contribution is 5.80. The second-order valence-corrected chi connectivity index (χ2v) is 3.75. The van der Waals surface area contributed by atoms with Crippen molar-refractivity contribution in [3.8, 4) is 0 Å². The van der Waals surface area contributed by atoms with Gasteiger partial charge in [-0.15, -0.1) is 0 Å². The lowest BCUT2D eigenvalue weighted by Gasteiger charge is -2.31. The summed E-state index contributed by atoms with van der Waals surface area (Å²) >= 11 is 0. The Morgan fingerprint density at radius 2 is 2.43 bits per heavy atom. The summed E-state index contributed by atoms with van der Waals surface area (Å²) in [5.74, 6) is -0.871. The maximum absolute atomic E-state index is 10.4. The number of hydrogen-bond donors (Lipinski definition) is 1. The van der Waals surface area contributed by atoms with Crippen molar-refractivity contribution < 1.29 is 14.6 Å². The van der Waals surface area contributed by atoms with Gasteiger partial charge in [-0.3, -0.25) is 4.90 Å². The van der Waals surface area contributed by atoms with Gasteiger partial charge in [0.1, 0.15) is 0 Å². The molecule has 0 amide bonds. The summed E-state index contributed by atoms with van der Waals surface area (Å²) in [5, 5.41) is 8.55. The fraction of sp³-hybridized carbons (Fsp3) is 0.700. The SMILES string of the molecule is CC(=CC(=O)O)CN1CCOC(C)C1. The zero-order valence-corrected chi connectivity index (χ0v) is 8.69. The lowest BCUT2D eigenvalue weighted by molar-refractivity contribution is -0.131. The van der Waals surface area contributed by atoms with Crippen LogP contribution in [-0.2, 0) is 9.53 Å². The van der Waals surface area contributed by atoms with E-state index in [4.69, 9.17) is 9.84 Å². The van der Waals surface area contributed by atoms with Crippen LogP contribution >= 0.6 is 0 Å². The molecule has 1 aliphatic rings. The Kier molecular flexibility index (Phi) is 4.10. The average Bonchev–Trinajstić information content (AvgIpc) is 2.01. The molecule has 1 atom stereocenters. The van der Waals surface area contributed by atoms with E-state index < -0.39 is 5.97 Å². The molecule has 4 heteroatoms. The average molecular weight is 199 g/mol. The molecule has 0 saturated carbocycles. The monoisotopic (exact) mass is 199 g/mol. The van der Waals surface area contributed by atoms with Crippen LogP contribution in [0, 0.1) is 0 Å². The molecule has 1 heterocycles. The van der Waals surface area contributed by atoms with Gasteiger partial charge in [-0.2, -0.15) is 0 Å². The molecule has 1 saturated heterocycles. The molecule has 1 fully saturated rings. The van der Waals surface area contributed by atoms with E-state index in [-0.39, 0.29) is 6.10 Å². The molecule has 0 aromatic heterocycles. The molecule has 1 unspecified atom stereocenters. The number of carboxylic acids is 1. The maximum Gasteiger partial charge on any atom is 0.328 e. The summed E-state index contributed by atoms with van der Waals surface area (Å²) in [4.78, 5) is 12.6. The Hall–Kier alpha value is -0.870. The van der Waals surface area contributed by atoms with Crippen LogP contribution in [-0.4, -0.2) is 48.3 Å². The molecule has 1 aliphatic heterocycles. The third-order valence-corrected chi connectivity index (χ3v) is 2.17. The van der Waals surface area contributed by atoms with Crippen LogP contribution in [0.3, 0.4) is 0 Å². The number of carbonyl (C=O) groups is 1. The van der Waals surface area contributed by atoms with Crippen LogP contribution in [0.2, 0.25) is 0 Å². The number of ether oxygens (including phenoxy) is 1. The molecular weight excluding hydrogens is 182 g/mol. The normalized spacial score (nSPS) is 25.0. The molecule has 0 aromatic rings. The predicted octanol–water partition coefficient (Wildman–Crippen LogP) is 0.738. The minimum Gasteiger partial charge on any atom is -0.478 e. The molecule has 0 spiro atoms. The first-order chi connectivity index (χ1) is 6.58. The molecule has 0 aromatic carbocycles. The van der Waals surface area contributed by atoms with Crippen LogP contribution in [0.15, 0.2) is 11.6 Å². The van der Waals surface area contributed by atoms with Gasteiger partial charge in [0, 0.05) is 25.7 Å². The highest BCUT2D eigenvalue weighted by atomic mass is 16.5. The van der Waals surface area contributed by atoms with Crippen molar-refractivity contribution in [3.05, 3.63) is 11.6 Å². The summed E-state index contributed by atoms with van der Waals surface area (Å²) in [6.45, 7) is 7.10. The summed E-state index contributed by atoms with van der Waals surface area (Å²) in [7, 11) is 0. The third-order valence-electron chi connectivity index (χ3n) is 2.17. The van der Waals surface area contributed by atoms with Crippen LogP contribution in [0.4, 0.5) is 0 Å². The summed E-state index contributed by atoms with van der Waals surface area (Å²) in [6, 6.07) is 0. The topological polar surface area (TPSA) is 49.8 Å². The molecular formula is C10H17NO3. The van der Waals surface area contributed by atoms with Crippen LogP contribution in [0.1, 0.15) is 13.8 Å². The summed E-state index contributed by atoms with van der Waals surface area (Å²) < 4.78 is 5.39. The van der Waals surface area contributed by atoms with Gasteiger partial charge in [-0.1, -0.05) is 5.57 Å². The predicted molar refractivity (Wildman–Crippen MR) is 53.2 cm³/mol. The summed E-state index contributed by atoms with van der Waals surface area (Å²) in [6.07, 6.45) is 1.52. The first kappa shape index (κ1) is 11.2. The first-order valence-corrected chi connectivity index (χ1v) is 4.82. The van der Waals surface area contributed by atoms with Crippen LogP contribution in [0.5, 0.6) is 0 Å². The zero-order chi connectivity index (χ0) is 10.6. The van der Waals surface area contributed by atoms with Crippen LogP contribution < -0.4 is 0 Å². The van der Waals surface area contributed by atoms with Crippen molar-refractivity contribution in [3.63, 3.8) is 0 Å². The largest absolute Gasteiger partial charge is 0.478 e. The van der Waals surface area contributed by atoms with E-state index in [0.717, 1.165) is 31.8 Å². The minimum atomic E-state index is -0.871. The molecule has 0 bridgehead atoms. The van der Waals surface area contributed by atoms with E-state index in [2.05, 4.69) is 4.90 Å². The van der Waals surface area contributed by atoms with E-state index in [1.54, 1.807) is 0 Å². The minimum absolute atomic E-state index is 0.251. The Labute approximate surface area is 84.2 Å². The van der Waals surface area contributed by atoms with E-state index in [1.807, 2.05) is 13.8 Å². The maximum atomic E-state index is 10.4. The van der Waals surface area contributed by atoms with E-state index in [1.165, 1.54) is 6.08 Å². The highest BCUT2D eigenvalue weighted by Crippen LogP contribution is 2.06. The number of hydrogen-bond acceptors (Lipinski definition) is 3. The van der Waals surface area contributed by atoms with Gasteiger partial charge >= 0.3 is 5.97 Å². The lowest BCUT2D eigenvalue weighted by Crippen LogP contribution is -2.41. The van der Waals surface area contributed by atoms with Crippen molar-refractivity contribution in [1.82, 2.24) is 4.90 Å². The Morgan fingerprint density at radius 1 is 1.71 bits per heavy atom. The lowest BCUT2D eigenvalue weighted by atomic mass is 10.2. The number of morpholine rings is 1. The van der Waals surface area contributed by atoms with Crippen LogP contribution in [0.25, 0.3) is 0 Å². The standard InChI is InChI=1S/C10H17NO3/c1-8(5-10(12)13)6-11-3-4-14-9(2)7-11/h5,9H,3-4,6-7H2,1-2H3,(H,12,13). The number of rotatable bonds is 3. The zero-order valence-electron chi connectivity index (χ0n) is 8.69. The summed E-state index contributed by atoms with van der Waals surface area (Å²) in [5.41, 5.74) is 0.881. The van der Waals surface area contributed by atoms with E-state index in [0.29, 0.717) is 0 Å². The fourth-order valence-corrected chi connectivity index (χ4v) is 1.64. The van der Waals surface area contributed by atoms with Gasteiger partial charge in [-0.05, 0) is 13.8 Å². The molecule has 80 valence electrons. The van der Waals surface area contributed by atoms with Gasteiger partial charge in [0.05, 0.1) is 12.7 Å². The van der Waals surface area contributed by atoms with Gasteiger partial charge in [-0.25, -0.2) is 4.79 Å². The number of carboxylic acid groups (broad SMARTS) is 1. The molecule has 4 nitrogen and oxygen atoms in total. The van der Waals surface area contributed by atoms with Crippen molar-refractivity contribution in [1.29, 1.82) is 0 Å². The smallest absolute Gasteiger partial charge is 0.328 e. The van der Waals surface area contributed by atoms with Gasteiger partial charge in [0.25, 0.3) is 0 Å². The quantitative estimate of drug-likeness (QED) is 0.681. The molecule has 0 aliphatic carbocycles. The molecule has 1 rings (SSSR count). The third kappa shape index (κ3) is 3.89. The number of nitrogens with zero attached hydrogens (tertiary/aromatic N) is 1. The van der Waals surface area contributed by atoms with Gasteiger partial charge in [0.2, 0.25) is 0 Å². The molecule has 14 heavy (non-hydrogen) atoms. The van der Waals surface area contributed by atoms with Crippen molar-refractivity contribution in [2.45, 2.75) is 20.0 Å². The molecule has 1 N–H and O–H groups in total. The Bertz CT molecular complexity index is 238. The Morgan fingerprint density at radius 3 is 3.00 bits per heavy atom. The van der Waals surface area contributed by atoms with Gasteiger partial charge in [0.15, 0.2) is 0 Å². The van der Waals surface area contributed by atoms with Gasteiger partial charge < -0.3 is 9.84 Å². The Balaban J connectivity index is 2.39. The second kappa shape index (κ2) is 5.12. The van der Waals surface area contributed by atoms with E-state index in [9.17, 15) is 4.79 Å². The van der Waals surface area contributed by atoms with Crippen molar-refractivity contribution in [2.75, 3.05) is 26.2 Å². The van der Waals surface area contributed by atoms with E-state index >= 15 is 0 Å².